The highest BCUT2D eigenvalue weighted by Gasteiger charge is 2.35. The smallest absolute Gasteiger partial charge is 0.161 e. The van der Waals surface area contributed by atoms with Crippen LogP contribution in [-0.4, -0.2) is 23.9 Å². The molecule has 4 heteroatoms. The number of aliphatic hydroxyl groups is 1. The summed E-state index contributed by atoms with van der Waals surface area (Å²) in [6, 6.07) is 11.8. The quantitative estimate of drug-likeness (QED) is 0.679. The number of aromatic hydroxyl groups is 1. The highest BCUT2D eigenvalue weighted by molar-refractivity contribution is 5.49. The van der Waals surface area contributed by atoms with Crippen molar-refractivity contribution in [2.75, 3.05) is 13.7 Å². The molecule has 0 bridgehead atoms. The zero-order valence-electron chi connectivity index (χ0n) is 14.6. The van der Waals surface area contributed by atoms with Crippen LogP contribution in [0.15, 0.2) is 49.1 Å². The number of hydrogen-bond acceptors (Lipinski definition) is 4. The van der Waals surface area contributed by atoms with Crippen LogP contribution in [0.2, 0.25) is 0 Å². The Morgan fingerprint density at radius 2 is 2.12 bits per heavy atom. The van der Waals surface area contributed by atoms with Gasteiger partial charge in [-0.05, 0) is 42.0 Å². The zero-order chi connectivity index (χ0) is 17.9. The molecule has 1 aliphatic rings. The van der Waals surface area contributed by atoms with Gasteiger partial charge < -0.3 is 20.3 Å². The third-order valence-corrected chi connectivity index (χ3v) is 4.87. The van der Waals surface area contributed by atoms with Gasteiger partial charge in [-0.1, -0.05) is 36.4 Å². The Labute approximate surface area is 148 Å². The predicted molar refractivity (Wildman–Crippen MR) is 98.9 cm³/mol. The molecule has 4 nitrogen and oxygen atoms in total. The first-order valence-corrected chi connectivity index (χ1v) is 8.58. The SMILES string of the molecule is C=CCc1cc(CNCC2(O)CCc3ccccc32)cc(OC)c1O. The number of fused-ring (bicyclic) bond motifs is 1. The van der Waals surface area contributed by atoms with Crippen LogP contribution in [0.3, 0.4) is 0 Å². The molecule has 132 valence electrons. The summed E-state index contributed by atoms with van der Waals surface area (Å²) in [6.45, 7) is 4.81. The second kappa shape index (κ2) is 7.30. The van der Waals surface area contributed by atoms with Gasteiger partial charge in [-0.2, -0.15) is 0 Å². The van der Waals surface area contributed by atoms with Gasteiger partial charge in [-0.15, -0.1) is 6.58 Å². The third-order valence-electron chi connectivity index (χ3n) is 4.87. The van der Waals surface area contributed by atoms with Crippen molar-refractivity contribution in [3.05, 3.63) is 71.3 Å². The average Bonchev–Trinajstić information content (AvgIpc) is 2.95. The van der Waals surface area contributed by atoms with Crippen molar-refractivity contribution in [1.82, 2.24) is 5.32 Å². The highest BCUT2D eigenvalue weighted by atomic mass is 16.5. The Kier molecular flexibility index (Phi) is 5.11. The summed E-state index contributed by atoms with van der Waals surface area (Å²) in [5, 5.41) is 24.5. The Bertz CT molecular complexity index is 772. The minimum Gasteiger partial charge on any atom is -0.504 e. The minimum atomic E-state index is -0.818. The number of rotatable bonds is 7. The van der Waals surface area contributed by atoms with Crippen LogP contribution in [-0.2, 0) is 25.0 Å². The van der Waals surface area contributed by atoms with Gasteiger partial charge in [-0.25, -0.2) is 0 Å². The number of ether oxygens (including phenoxy) is 1. The molecule has 0 radical (unpaired) electrons. The summed E-state index contributed by atoms with van der Waals surface area (Å²) < 4.78 is 5.26. The zero-order valence-corrected chi connectivity index (χ0v) is 14.6. The molecule has 3 rings (SSSR count). The van der Waals surface area contributed by atoms with Gasteiger partial charge in [0, 0.05) is 18.7 Å². The van der Waals surface area contributed by atoms with Gasteiger partial charge in [0.15, 0.2) is 11.5 Å². The molecule has 3 N–H and O–H groups in total. The van der Waals surface area contributed by atoms with Crippen LogP contribution in [0.5, 0.6) is 11.5 Å². The van der Waals surface area contributed by atoms with Crippen LogP contribution in [0, 0.1) is 0 Å². The standard InChI is InChI=1S/C21H25NO3/c1-3-6-17-11-15(12-19(25-2)20(17)23)13-22-14-21(24)10-9-16-7-4-5-8-18(16)21/h3-5,7-8,11-12,22-24H,1,6,9-10,13-14H2,2H3. The molecule has 2 aromatic rings. The van der Waals surface area contributed by atoms with E-state index in [2.05, 4.69) is 18.0 Å². The number of methoxy groups -OCH3 is 1. The Hall–Kier alpha value is -2.30. The number of allylic oxidation sites excluding steroid dienone is 1. The molecule has 0 amide bonds. The lowest BCUT2D eigenvalue weighted by Crippen LogP contribution is -2.36. The molecule has 25 heavy (non-hydrogen) atoms. The summed E-state index contributed by atoms with van der Waals surface area (Å²) in [5.74, 6) is 0.621. The van der Waals surface area contributed by atoms with Crippen molar-refractivity contribution in [3.8, 4) is 11.5 Å². The van der Waals surface area contributed by atoms with Crippen molar-refractivity contribution in [1.29, 1.82) is 0 Å². The Morgan fingerprint density at radius 3 is 2.88 bits per heavy atom. The fourth-order valence-corrected chi connectivity index (χ4v) is 3.56. The van der Waals surface area contributed by atoms with E-state index < -0.39 is 5.60 Å². The number of phenolic OH excluding ortho intramolecular Hbond substituents is 1. The molecule has 2 aromatic carbocycles. The van der Waals surface area contributed by atoms with Crippen molar-refractivity contribution >= 4 is 0 Å². The first-order chi connectivity index (χ1) is 12.1. The summed E-state index contributed by atoms with van der Waals surface area (Å²) in [5.41, 5.74) is 3.23. The Balaban J connectivity index is 1.70. The van der Waals surface area contributed by atoms with Gasteiger partial charge >= 0.3 is 0 Å². The van der Waals surface area contributed by atoms with E-state index in [-0.39, 0.29) is 5.75 Å². The topological polar surface area (TPSA) is 61.7 Å². The van der Waals surface area contributed by atoms with Crippen LogP contribution >= 0.6 is 0 Å². The minimum absolute atomic E-state index is 0.162. The van der Waals surface area contributed by atoms with Gasteiger partial charge in [0.05, 0.1) is 7.11 Å². The van der Waals surface area contributed by atoms with E-state index in [1.165, 1.54) is 5.56 Å². The fraction of sp³-hybridized carbons (Fsp3) is 0.333. The maximum atomic E-state index is 11.0. The molecular weight excluding hydrogens is 314 g/mol. The summed E-state index contributed by atoms with van der Waals surface area (Å²) in [6.07, 6.45) is 3.97. The predicted octanol–water partition coefficient (Wildman–Crippen LogP) is 3.05. The Morgan fingerprint density at radius 1 is 1.32 bits per heavy atom. The molecule has 0 fully saturated rings. The summed E-state index contributed by atoms with van der Waals surface area (Å²) >= 11 is 0. The summed E-state index contributed by atoms with van der Waals surface area (Å²) in [4.78, 5) is 0. The van der Waals surface area contributed by atoms with Crippen molar-refractivity contribution < 1.29 is 14.9 Å². The highest BCUT2D eigenvalue weighted by Crippen LogP contribution is 2.36. The lowest BCUT2D eigenvalue weighted by atomic mass is 9.96. The average molecular weight is 339 g/mol. The van der Waals surface area contributed by atoms with Crippen LogP contribution in [0.4, 0.5) is 0 Å². The number of hydrogen-bond donors (Lipinski definition) is 3. The molecular formula is C21H25NO3. The number of benzene rings is 2. The van der Waals surface area contributed by atoms with E-state index >= 15 is 0 Å². The molecule has 0 aromatic heterocycles. The second-order valence-corrected chi connectivity index (χ2v) is 6.59. The summed E-state index contributed by atoms with van der Waals surface area (Å²) in [7, 11) is 1.54. The lowest BCUT2D eigenvalue weighted by Gasteiger charge is -2.24. The van der Waals surface area contributed by atoms with Crippen molar-refractivity contribution in [2.24, 2.45) is 0 Å². The number of phenols is 1. The first-order valence-electron chi connectivity index (χ1n) is 8.58. The fourth-order valence-electron chi connectivity index (χ4n) is 3.56. The third kappa shape index (κ3) is 3.55. The van der Waals surface area contributed by atoms with E-state index in [1.54, 1.807) is 13.2 Å². The van der Waals surface area contributed by atoms with Crippen LogP contribution in [0.1, 0.15) is 28.7 Å². The van der Waals surface area contributed by atoms with Gasteiger partial charge in [0.2, 0.25) is 0 Å². The van der Waals surface area contributed by atoms with Crippen LogP contribution in [0.25, 0.3) is 0 Å². The maximum Gasteiger partial charge on any atom is 0.161 e. The normalized spacial score (nSPS) is 18.8. The molecule has 0 spiro atoms. The van der Waals surface area contributed by atoms with E-state index in [4.69, 9.17) is 4.74 Å². The molecule has 1 atom stereocenters. The first kappa shape index (κ1) is 17.5. The molecule has 0 heterocycles. The van der Waals surface area contributed by atoms with Gasteiger partial charge in [0.25, 0.3) is 0 Å². The van der Waals surface area contributed by atoms with E-state index in [1.807, 2.05) is 30.3 Å². The number of aryl methyl sites for hydroxylation is 1. The second-order valence-electron chi connectivity index (χ2n) is 6.59. The van der Waals surface area contributed by atoms with Crippen molar-refractivity contribution in [3.63, 3.8) is 0 Å². The monoisotopic (exact) mass is 339 g/mol. The molecule has 0 saturated carbocycles. The van der Waals surface area contributed by atoms with Gasteiger partial charge in [-0.3, -0.25) is 0 Å². The van der Waals surface area contributed by atoms with Gasteiger partial charge in [0.1, 0.15) is 5.60 Å². The van der Waals surface area contributed by atoms with Crippen LogP contribution < -0.4 is 10.1 Å². The molecule has 0 aliphatic heterocycles. The number of nitrogens with one attached hydrogen (secondary N) is 1. The molecule has 1 aliphatic carbocycles. The van der Waals surface area contributed by atoms with E-state index in [9.17, 15) is 10.2 Å². The van der Waals surface area contributed by atoms with Crippen molar-refractivity contribution in [2.45, 2.75) is 31.4 Å². The lowest BCUT2D eigenvalue weighted by molar-refractivity contribution is 0.0384. The largest absolute Gasteiger partial charge is 0.504 e. The molecule has 1 unspecified atom stereocenters. The van der Waals surface area contributed by atoms with E-state index in [0.29, 0.717) is 25.3 Å². The van der Waals surface area contributed by atoms with E-state index in [0.717, 1.165) is 29.5 Å². The molecule has 0 saturated heterocycles. The maximum absolute atomic E-state index is 11.0.